The minimum Gasteiger partial charge on any atom is -0.497 e. The van der Waals surface area contributed by atoms with Crippen molar-refractivity contribution in [3.63, 3.8) is 0 Å². The van der Waals surface area contributed by atoms with Crippen LogP contribution in [0.5, 0.6) is 5.75 Å². The Morgan fingerprint density at radius 1 is 1.12 bits per heavy atom. The molecule has 0 unspecified atom stereocenters. The molecule has 2 aromatic carbocycles. The molecule has 0 aliphatic rings. The van der Waals surface area contributed by atoms with Crippen molar-refractivity contribution >= 4 is 29.3 Å². The quantitative estimate of drug-likeness (QED) is 0.438. The fraction of sp³-hybridized carbons (Fsp3) is 0.360. The smallest absolute Gasteiger partial charge is 0.243 e. The van der Waals surface area contributed by atoms with Crippen LogP contribution in [0.4, 0.5) is 5.69 Å². The molecule has 0 bridgehead atoms. The molecule has 0 saturated carbocycles. The Morgan fingerprint density at radius 2 is 1.82 bits per heavy atom. The molecule has 0 saturated heterocycles. The standard InChI is InChI=1S/C25H31N5O3S/c1-6-18-10-8-9-11-21(18)26-22(31)16-29(4)24(32)17(3)34-25-28-27-23(30(25)7-2)19-12-14-20(33-5)15-13-19/h8-15,17H,6-7,16H2,1-5H3,(H,26,31)/t17-/m1/s1. The first kappa shape index (κ1) is 25.3. The second-order valence-electron chi connectivity index (χ2n) is 7.79. The van der Waals surface area contributed by atoms with E-state index in [2.05, 4.69) is 15.5 Å². The first-order valence-corrected chi connectivity index (χ1v) is 12.1. The average molecular weight is 482 g/mol. The van der Waals surface area contributed by atoms with Crippen LogP contribution in [0.3, 0.4) is 0 Å². The summed E-state index contributed by atoms with van der Waals surface area (Å²) in [5.41, 5.74) is 2.75. The van der Waals surface area contributed by atoms with Gasteiger partial charge in [0.1, 0.15) is 5.75 Å². The van der Waals surface area contributed by atoms with Crippen LogP contribution < -0.4 is 10.1 Å². The molecular weight excluding hydrogens is 450 g/mol. The summed E-state index contributed by atoms with van der Waals surface area (Å²) in [7, 11) is 3.26. The maximum atomic E-state index is 13.0. The largest absolute Gasteiger partial charge is 0.497 e. The molecule has 1 heterocycles. The van der Waals surface area contributed by atoms with Gasteiger partial charge in [-0.1, -0.05) is 36.9 Å². The number of nitrogens with zero attached hydrogens (tertiary/aromatic N) is 4. The molecule has 1 N–H and O–H groups in total. The third-order valence-electron chi connectivity index (χ3n) is 5.44. The number of nitrogens with one attached hydrogen (secondary N) is 1. The lowest BCUT2D eigenvalue weighted by molar-refractivity contribution is -0.132. The number of thioether (sulfide) groups is 1. The highest BCUT2D eigenvalue weighted by Crippen LogP contribution is 2.28. The molecule has 0 fully saturated rings. The fourth-order valence-corrected chi connectivity index (χ4v) is 4.59. The molecule has 3 rings (SSSR count). The Bertz CT molecular complexity index is 1130. The van der Waals surface area contributed by atoms with Crippen molar-refractivity contribution in [1.82, 2.24) is 19.7 Å². The lowest BCUT2D eigenvalue weighted by Crippen LogP contribution is -2.39. The van der Waals surface area contributed by atoms with Crippen LogP contribution in [-0.4, -0.2) is 57.4 Å². The Morgan fingerprint density at radius 3 is 2.47 bits per heavy atom. The van der Waals surface area contributed by atoms with Gasteiger partial charge in [0.2, 0.25) is 11.8 Å². The fourth-order valence-electron chi connectivity index (χ4n) is 3.57. The van der Waals surface area contributed by atoms with E-state index in [9.17, 15) is 9.59 Å². The van der Waals surface area contributed by atoms with Gasteiger partial charge in [-0.25, -0.2) is 0 Å². The van der Waals surface area contributed by atoms with Gasteiger partial charge in [-0.3, -0.25) is 9.59 Å². The maximum absolute atomic E-state index is 13.0. The van der Waals surface area contributed by atoms with Crippen LogP contribution >= 0.6 is 11.8 Å². The third-order valence-corrected chi connectivity index (χ3v) is 6.51. The molecule has 0 radical (unpaired) electrons. The van der Waals surface area contributed by atoms with E-state index >= 15 is 0 Å². The topological polar surface area (TPSA) is 89.3 Å². The molecule has 180 valence electrons. The van der Waals surface area contributed by atoms with Crippen LogP contribution in [0.1, 0.15) is 26.3 Å². The molecule has 2 amide bonds. The maximum Gasteiger partial charge on any atom is 0.243 e. The number of ether oxygens (including phenoxy) is 1. The number of methoxy groups -OCH3 is 1. The van der Waals surface area contributed by atoms with Gasteiger partial charge in [-0.15, -0.1) is 10.2 Å². The van der Waals surface area contributed by atoms with E-state index in [4.69, 9.17) is 4.74 Å². The average Bonchev–Trinajstić information content (AvgIpc) is 3.26. The minimum atomic E-state index is -0.432. The number of amides is 2. The normalized spacial score (nSPS) is 11.7. The number of hydrogen-bond donors (Lipinski definition) is 1. The Kier molecular flexibility index (Phi) is 8.70. The van der Waals surface area contributed by atoms with Crippen molar-refractivity contribution in [2.75, 3.05) is 26.0 Å². The van der Waals surface area contributed by atoms with E-state index in [1.807, 2.05) is 73.9 Å². The van der Waals surface area contributed by atoms with Gasteiger partial charge in [0.05, 0.1) is 18.9 Å². The molecular formula is C25H31N5O3S. The van der Waals surface area contributed by atoms with Gasteiger partial charge in [-0.05, 0) is 56.2 Å². The monoisotopic (exact) mass is 481 g/mol. The molecule has 0 aliphatic carbocycles. The summed E-state index contributed by atoms with van der Waals surface area (Å²) < 4.78 is 7.20. The van der Waals surface area contributed by atoms with Crippen molar-refractivity contribution in [3.05, 3.63) is 54.1 Å². The summed E-state index contributed by atoms with van der Waals surface area (Å²) in [6.07, 6.45) is 0.815. The number of carbonyl (C=O) groups excluding carboxylic acids is 2. The molecule has 0 spiro atoms. The van der Waals surface area contributed by atoms with Gasteiger partial charge in [0.15, 0.2) is 11.0 Å². The number of hydrogen-bond acceptors (Lipinski definition) is 6. The number of aromatic nitrogens is 3. The predicted octanol–water partition coefficient (Wildman–Crippen LogP) is 4.11. The summed E-state index contributed by atoms with van der Waals surface area (Å²) in [6, 6.07) is 15.3. The molecule has 0 aliphatic heterocycles. The van der Waals surface area contributed by atoms with E-state index in [1.54, 1.807) is 14.2 Å². The number of aryl methyl sites for hydroxylation is 1. The van der Waals surface area contributed by atoms with Gasteiger partial charge >= 0.3 is 0 Å². The third kappa shape index (κ3) is 5.96. The number of para-hydroxylation sites is 1. The second kappa shape index (κ2) is 11.7. The summed E-state index contributed by atoms with van der Waals surface area (Å²) in [6.45, 7) is 6.49. The van der Waals surface area contributed by atoms with E-state index in [0.717, 1.165) is 34.8 Å². The number of anilines is 1. The van der Waals surface area contributed by atoms with E-state index in [0.29, 0.717) is 11.7 Å². The zero-order valence-corrected chi connectivity index (χ0v) is 21.1. The van der Waals surface area contributed by atoms with Crippen molar-refractivity contribution in [1.29, 1.82) is 0 Å². The summed E-state index contributed by atoms with van der Waals surface area (Å²) >= 11 is 1.33. The SMILES string of the molecule is CCc1ccccc1NC(=O)CN(C)C(=O)[C@@H](C)Sc1nnc(-c2ccc(OC)cc2)n1CC. The second-order valence-corrected chi connectivity index (χ2v) is 9.10. The molecule has 3 aromatic rings. The van der Waals surface area contributed by atoms with Crippen molar-refractivity contribution in [2.45, 2.75) is 44.1 Å². The highest BCUT2D eigenvalue weighted by molar-refractivity contribution is 8.00. The first-order chi connectivity index (χ1) is 16.4. The van der Waals surface area contributed by atoms with Crippen LogP contribution in [0.2, 0.25) is 0 Å². The van der Waals surface area contributed by atoms with E-state index < -0.39 is 5.25 Å². The van der Waals surface area contributed by atoms with Crippen molar-refractivity contribution in [2.24, 2.45) is 0 Å². The van der Waals surface area contributed by atoms with Gasteiger partial charge < -0.3 is 19.5 Å². The van der Waals surface area contributed by atoms with Crippen LogP contribution in [0.15, 0.2) is 53.7 Å². The Labute approximate surface area is 204 Å². The highest BCUT2D eigenvalue weighted by atomic mass is 32.2. The number of carbonyl (C=O) groups is 2. The summed E-state index contributed by atoms with van der Waals surface area (Å²) in [5, 5.41) is 11.8. The first-order valence-electron chi connectivity index (χ1n) is 11.2. The summed E-state index contributed by atoms with van der Waals surface area (Å²) in [4.78, 5) is 26.9. The van der Waals surface area contributed by atoms with Gasteiger partial charge in [0, 0.05) is 24.8 Å². The highest BCUT2D eigenvalue weighted by Gasteiger charge is 2.24. The van der Waals surface area contributed by atoms with Gasteiger partial charge in [-0.2, -0.15) is 0 Å². The molecule has 1 aromatic heterocycles. The van der Waals surface area contributed by atoms with Crippen molar-refractivity contribution in [3.8, 4) is 17.1 Å². The lowest BCUT2D eigenvalue weighted by Gasteiger charge is -2.21. The van der Waals surface area contributed by atoms with E-state index in [1.165, 1.54) is 16.7 Å². The van der Waals surface area contributed by atoms with Crippen molar-refractivity contribution < 1.29 is 14.3 Å². The van der Waals surface area contributed by atoms with Crippen LogP contribution in [0, 0.1) is 0 Å². The van der Waals surface area contributed by atoms with E-state index in [-0.39, 0.29) is 18.4 Å². The van der Waals surface area contributed by atoms with Gasteiger partial charge in [0.25, 0.3) is 0 Å². The number of rotatable bonds is 10. The zero-order valence-electron chi connectivity index (χ0n) is 20.2. The molecule has 9 heteroatoms. The Hall–Kier alpha value is -3.33. The molecule has 1 atom stereocenters. The molecule has 8 nitrogen and oxygen atoms in total. The van der Waals surface area contributed by atoms with Crippen LogP contribution in [0.25, 0.3) is 11.4 Å². The van der Waals surface area contributed by atoms with Crippen LogP contribution in [-0.2, 0) is 22.6 Å². The summed E-state index contributed by atoms with van der Waals surface area (Å²) in [5.74, 6) is 1.12. The Balaban J connectivity index is 1.64. The number of likely N-dealkylation sites (N-methyl/N-ethyl adjacent to an activating group) is 1. The zero-order chi connectivity index (χ0) is 24.7. The predicted molar refractivity (Wildman–Crippen MR) is 135 cm³/mol. The number of benzene rings is 2. The minimum absolute atomic E-state index is 0.0284. The lowest BCUT2D eigenvalue weighted by atomic mass is 10.1. The molecule has 34 heavy (non-hydrogen) atoms.